The number of carbonyl (C=O) groups is 4. The molecule has 1 saturated heterocycles. The highest BCUT2D eigenvalue weighted by Crippen LogP contribution is 2.39. The van der Waals surface area contributed by atoms with Gasteiger partial charge in [-0.3, -0.25) is 24.1 Å². The van der Waals surface area contributed by atoms with Crippen molar-refractivity contribution in [3.05, 3.63) is 35.6 Å². The second-order valence-electron chi connectivity index (χ2n) is 5.31. The van der Waals surface area contributed by atoms with Crippen LogP contribution in [0.3, 0.4) is 0 Å². The molecular formula is C16H16FNO6. The minimum atomic E-state index is -1.41. The Morgan fingerprint density at radius 3 is 1.75 bits per heavy atom. The summed E-state index contributed by atoms with van der Waals surface area (Å²) < 4.78 is 22.5. The summed E-state index contributed by atoms with van der Waals surface area (Å²) in [6.45, 7) is 0. The maximum atomic E-state index is 13.2. The van der Waals surface area contributed by atoms with Gasteiger partial charge in [0, 0.05) is 13.0 Å². The van der Waals surface area contributed by atoms with Gasteiger partial charge < -0.3 is 9.47 Å². The van der Waals surface area contributed by atoms with Crippen molar-refractivity contribution in [3.8, 4) is 0 Å². The van der Waals surface area contributed by atoms with Crippen LogP contribution in [0.1, 0.15) is 11.5 Å². The molecule has 2 amide bonds. The highest BCUT2D eigenvalue weighted by molar-refractivity contribution is 6.14. The fourth-order valence-corrected chi connectivity index (χ4v) is 2.84. The molecule has 0 N–H and O–H groups in total. The average Bonchev–Trinajstić information content (AvgIpc) is 2.59. The number of amides is 2. The number of methoxy groups -OCH3 is 2. The second kappa shape index (κ2) is 6.77. The lowest BCUT2D eigenvalue weighted by Crippen LogP contribution is -2.56. The maximum absolute atomic E-state index is 13.2. The SMILES string of the molecule is COC(=O)[C@@H]1C(=O)N(C)C(=O)[C@H](C(=O)OC)C1c1ccc(F)cc1. The molecule has 0 bridgehead atoms. The predicted molar refractivity (Wildman–Crippen MR) is 77.9 cm³/mol. The third-order valence-electron chi connectivity index (χ3n) is 4.08. The van der Waals surface area contributed by atoms with Gasteiger partial charge in [0.05, 0.1) is 14.2 Å². The maximum Gasteiger partial charge on any atom is 0.318 e. The van der Waals surface area contributed by atoms with Crippen LogP contribution in [0, 0.1) is 17.7 Å². The number of benzene rings is 1. The Balaban J connectivity index is 2.63. The number of rotatable bonds is 3. The van der Waals surface area contributed by atoms with Gasteiger partial charge in [0.25, 0.3) is 0 Å². The largest absolute Gasteiger partial charge is 0.468 e. The van der Waals surface area contributed by atoms with Crippen LogP contribution in [0.4, 0.5) is 4.39 Å². The summed E-state index contributed by atoms with van der Waals surface area (Å²) in [5.74, 6) is -7.84. The third kappa shape index (κ3) is 2.86. The van der Waals surface area contributed by atoms with Gasteiger partial charge in [-0.2, -0.15) is 0 Å². The van der Waals surface area contributed by atoms with E-state index in [4.69, 9.17) is 0 Å². The number of ether oxygens (including phenoxy) is 2. The molecule has 7 nitrogen and oxygen atoms in total. The van der Waals surface area contributed by atoms with Crippen LogP contribution in [0.2, 0.25) is 0 Å². The molecule has 1 aliphatic heterocycles. The zero-order valence-electron chi connectivity index (χ0n) is 13.3. The van der Waals surface area contributed by atoms with E-state index >= 15 is 0 Å². The van der Waals surface area contributed by atoms with E-state index in [1.165, 1.54) is 19.2 Å². The zero-order valence-corrected chi connectivity index (χ0v) is 13.3. The average molecular weight is 337 g/mol. The van der Waals surface area contributed by atoms with E-state index in [0.717, 1.165) is 26.4 Å². The standard InChI is InChI=1S/C16H16FNO6/c1-18-13(19)11(15(21)23-2)10(8-4-6-9(17)7-5-8)12(14(18)20)16(22)24-3/h4-7,10-12H,1-3H3/t10?,11-,12+. The number of halogens is 1. The molecule has 1 unspecified atom stereocenters. The third-order valence-corrected chi connectivity index (χ3v) is 4.08. The van der Waals surface area contributed by atoms with Crippen LogP contribution < -0.4 is 0 Å². The Hall–Kier alpha value is -2.77. The molecule has 1 heterocycles. The zero-order chi connectivity index (χ0) is 18.0. The predicted octanol–water partition coefficient (Wildman–Crippen LogP) is 0.486. The molecule has 2 rings (SSSR count). The van der Waals surface area contributed by atoms with E-state index < -0.39 is 47.3 Å². The summed E-state index contributed by atoms with van der Waals surface area (Å²) >= 11 is 0. The van der Waals surface area contributed by atoms with Crippen LogP contribution in [0.15, 0.2) is 24.3 Å². The number of nitrogens with zero attached hydrogens (tertiary/aromatic N) is 1. The van der Waals surface area contributed by atoms with Crippen LogP contribution in [0.5, 0.6) is 0 Å². The van der Waals surface area contributed by atoms with Crippen molar-refractivity contribution in [1.29, 1.82) is 0 Å². The van der Waals surface area contributed by atoms with E-state index in [1.807, 2.05) is 0 Å². The summed E-state index contributed by atoms with van der Waals surface area (Å²) in [5, 5.41) is 0. The van der Waals surface area contributed by atoms with Crippen LogP contribution in [-0.2, 0) is 28.7 Å². The Morgan fingerprint density at radius 1 is 0.958 bits per heavy atom. The molecule has 128 valence electrons. The van der Waals surface area contributed by atoms with E-state index in [-0.39, 0.29) is 5.56 Å². The van der Waals surface area contributed by atoms with Crippen molar-refractivity contribution >= 4 is 23.8 Å². The van der Waals surface area contributed by atoms with Gasteiger partial charge in [-0.05, 0) is 17.7 Å². The number of likely N-dealkylation sites (tertiary alicyclic amines) is 1. The quantitative estimate of drug-likeness (QED) is 0.453. The van der Waals surface area contributed by atoms with Crippen LogP contribution in [-0.4, -0.2) is 49.9 Å². The number of esters is 2. The normalized spacial score (nSPS) is 23.8. The summed E-state index contributed by atoms with van der Waals surface area (Å²) in [4.78, 5) is 49.8. The lowest BCUT2D eigenvalue weighted by Gasteiger charge is -2.37. The van der Waals surface area contributed by atoms with Gasteiger partial charge >= 0.3 is 11.9 Å². The van der Waals surface area contributed by atoms with Crippen molar-refractivity contribution < 1.29 is 33.0 Å². The van der Waals surface area contributed by atoms with E-state index in [0.29, 0.717) is 4.90 Å². The van der Waals surface area contributed by atoms with Gasteiger partial charge in [0.2, 0.25) is 11.8 Å². The van der Waals surface area contributed by atoms with Gasteiger partial charge in [0.1, 0.15) is 17.7 Å². The summed E-state index contributed by atoms with van der Waals surface area (Å²) in [6, 6.07) is 4.87. The number of imide groups is 1. The van der Waals surface area contributed by atoms with Gasteiger partial charge in [-0.1, -0.05) is 12.1 Å². The molecule has 0 aliphatic carbocycles. The summed E-state index contributed by atoms with van der Waals surface area (Å²) in [7, 11) is 3.37. The van der Waals surface area contributed by atoms with E-state index in [1.54, 1.807) is 0 Å². The molecule has 0 saturated carbocycles. The minimum absolute atomic E-state index is 0.289. The second-order valence-corrected chi connectivity index (χ2v) is 5.31. The van der Waals surface area contributed by atoms with Gasteiger partial charge in [-0.15, -0.1) is 0 Å². The molecule has 0 spiro atoms. The van der Waals surface area contributed by atoms with Crippen LogP contribution in [0.25, 0.3) is 0 Å². The highest BCUT2D eigenvalue weighted by Gasteiger charge is 2.54. The van der Waals surface area contributed by atoms with Crippen LogP contribution >= 0.6 is 0 Å². The Labute approximate surface area is 137 Å². The lowest BCUT2D eigenvalue weighted by atomic mass is 9.72. The van der Waals surface area contributed by atoms with Gasteiger partial charge in [0.15, 0.2) is 0 Å². The molecule has 1 aromatic rings. The van der Waals surface area contributed by atoms with Gasteiger partial charge in [-0.25, -0.2) is 4.39 Å². The molecular weight excluding hydrogens is 321 g/mol. The van der Waals surface area contributed by atoms with Crippen molar-refractivity contribution in [2.24, 2.45) is 11.8 Å². The van der Waals surface area contributed by atoms with Crippen molar-refractivity contribution in [3.63, 3.8) is 0 Å². The molecule has 3 atom stereocenters. The molecule has 0 aromatic heterocycles. The topological polar surface area (TPSA) is 90.0 Å². The first-order chi connectivity index (χ1) is 11.3. The lowest BCUT2D eigenvalue weighted by molar-refractivity contribution is -0.169. The van der Waals surface area contributed by atoms with Crippen molar-refractivity contribution in [2.45, 2.75) is 5.92 Å². The Kier molecular flexibility index (Phi) is 4.96. The fraction of sp³-hybridized carbons (Fsp3) is 0.375. The molecule has 1 aliphatic rings. The fourth-order valence-electron chi connectivity index (χ4n) is 2.84. The highest BCUT2D eigenvalue weighted by atomic mass is 19.1. The van der Waals surface area contributed by atoms with Crippen molar-refractivity contribution in [2.75, 3.05) is 21.3 Å². The smallest absolute Gasteiger partial charge is 0.318 e. The number of hydrogen-bond donors (Lipinski definition) is 0. The summed E-state index contributed by atoms with van der Waals surface area (Å²) in [6.07, 6.45) is 0. The Bertz CT molecular complexity index is 650. The first-order valence-electron chi connectivity index (χ1n) is 7.06. The molecule has 1 fully saturated rings. The monoisotopic (exact) mass is 337 g/mol. The first-order valence-corrected chi connectivity index (χ1v) is 7.06. The number of piperidine rings is 1. The number of hydrogen-bond acceptors (Lipinski definition) is 6. The number of carbonyl (C=O) groups excluding carboxylic acids is 4. The molecule has 1 aromatic carbocycles. The van der Waals surface area contributed by atoms with E-state index in [9.17, 15) is 23.6 Å². The molecule has 8 heteroatoms. The summed E-state index contributed by atoms with van der Waals surface area (Å²) in [5.41, 5.74) is 0.289. The minimum Gasteiger partial charge on any atom is -0.468 e. The molecule has 0 radical (unpaired) electrons. The Morgan fingerprint density at radius 2 is 1.38 bits per heavy atom. The van der Waals surface area contributed by atoms with Crippen molar-refractivity contribution in [1.82, 2.24) is 4.90 Å². The molecule has 24 heavy (non-hydrogen) atoms. The van der Waals surface area contributed by atoms with E-state index in [2.05, 4.69) is 9.47 Å². The first kappa shape index (κ1) is 17.6.